The maximum absolute atomic E-state index is 13.1. The van der Waals surface area contributed by atoms with Gasteiger partial charge in [-0.25, -0.2) is 0 Å². The van der Waals surface area contributed by atoms with Crippen LogP contribution in [0.5, 0.6) is 0 Å². The highest BCUT2D eigenvalue weighted by atomic mass is 16.2. The fourth-order valence-electron chi connectivity index (χ4n) is 4.15. The highest BCUT2D eigenvalue weighted by Gasteiger charge is 2.64. The number of imide groups is 1. The van der Waals surface area contributed by atoms with Crippen LogP contribution in [-0.4, -0.2) is 29.3 Å². The molecule has 1 aliphatic carbocycles. The van der Waals surface area contributed by atoms with E-state index in [0.717, 1.165) is 12.8 Å². The molecule has 0 spiro atoms. The molecular formula is C19H24N2O3. The standard InChI is InChI=1S/C19H24N2O3/c1-13(22)20(14-8-6-5-7-9-14)12-21-16(23)15-10-11-19(4,17(21)24)18(15,2)3/h5-9,15H,10-12H2,1-4H3/t15-,19+/m1/s1. The quantitative estimate of drug-likeness (QED) is 0.802. The number of para-hydroxylation sites is 1. The van der Waals surface area contributed by atoms with Gasteiger partial charge in [-0.3, -0.25) is 24.2 Å². The van der Waals surface area contributed by atoms with Crippen molar-refractivity contribution in [2.24, 2.45) is 16.7 Å². The van der Waals surface area contributed by atoms with Crippen molar-refractivity contribution >= 4 is 23.4 Å². The van der Waals surface area contributed by atoms with Crippen LogP contribution in [-0.2, 0) is 14.4 Å². The van der Waals surface area contributed by atoms with Gasteiger partial charge >= 0.3 is 0 Å². The first-order valence-corrected chi connectivity index (χ1v) is 8.39. The number of carbonyl (C=O) groups excluding carboxylic acids is 3. The maximum atomic E-state index is 13.1. The van der Waals surface area contributed by atoms with E-state index in [4.69, 9.17) is 0 Å². The van der Waals surface area contributed by atoms with Gasteiger partial charge in [-0.2, -0.15) is 0 Å². The Hall–Kier alpha value is -2.17. The minimum atomic E-state index is -0.551. The number of anilines is 1. The lowest BCUT2D eigenvalue weighted by molar-refractivity contribution is -0.167. The second kappa shape index (κ2) is 5.43. The summed E-state index contributed by atoms with van der Waals surface area (Å²) >= 11 is 0. The molecule has 5 nitrogen and oxygen atoms in total. The van der Waals surface area contributed by atoms with Gasteiger partial charge in [0.2, 0.25) is 17.7 Å². The first-order valence-electron chi connectivity index (χ1n) is 8.39. The summed E-state index contributed by atoms with van der Waals surface area (Å²) in [5, 5.41) is 0. The van der Waals surface area contributed by atoms with Crippen LogP contribution in [0.3, 0.4) is 0 Å². The Balaban J connectivity index is 1.94. The summed E-state index contributed by atoms with van der Waals surface area (Å²) < 4.78 is 0. The SMILES string of the molecule is CC(=O)N(CN1C(=O)[C@H]2CC[C@@](C)(C1=O)C2(C)C)c1ccccc1. The molecular weight excluding hydrogens is 304 g/mol. The first kappa shape index (κ1) is 16.7. The van der Waals surface area contributed by atoms with Gasteiger partial charge in [-0.15, -0.1) is 0 Å². The van der Waals surface area contributed by atoms with Crippen LogP contribution in [0.2, 0.25) is 0 Å². The molecule has 3 rings (SSSR count). The number of rotatable bonds is 3. The number of carbonyl (C=O) groups is 3. The lowest BCUT2D eigenvalue weighted by Gasteiger charge is -2.48. The number of fused-ring (bicyclic) bond motifs is 2. The Bertz CT molecular complexity index is 698. The third-order valence-electron chi connectivity index (χ3n) is 6.24. The molecule has 0 N–H and O–H groups in total. The predicted octanol–water partition coefficient (Wildman–Crippen LogP) is 2.81. The number of likely N-dealkylation sites (tertiary alicyclic amines) is 1. The molecule has 2 bridgehead atoms. The fraction of sp³-hybridized carbons (Fsp3) is 0.526. The molecule has 0 aromatic heterocycles. The Kier molecular flexibility index (Phi) is 3.78. The number of benzene rings is 1. The van der Waals surface area contributed by atoms with E-state index >= 15 is 0 Å². The minimum Gasteiger partial charge on any atom is -0.294 e. The molecule has 24 heavy (non-hydrogen) atoms. The number of hydrogen-bond acceptors (Lipinski definition) is 3. The van der Waals surface area contributed by atoms with Crippen LogP contribution in [0.4, 0.5) is 5.69 Å². The molecule has 3 amide bonds. The van der Waals surface area contributed by atoms with E-state index in [1.54, 1.807) is 12.1 Å². The lowest BCUT2D eigenvalue weighted by Crippen LogP contribution is -2.61. The van der Waals surface area contributed by atoms with Crippen molar-refractivity contribution < 1.29 is 14.4 Å². The molecule has 0 unspecified atom stereocenters. The molecule has 2 fully saturated rings. The van der Waals surface area contributed by atoms with Crippen LogP contribution < -0.4 is 4.90 Å². The highest BCUT2D eigenvalue weighted by molar-refractivity contribution is 6.05. The normalized spacial score (nSPS) is 28.2. The minimum absolute atomic E-state index is 0.0147. The third kappa shape index (κ3) is 2.18. The fourth-order valence-corrected chi connectivity index (χ4v) is 4.15. The van der Waals surface area contributed by atoms with E-state index in [0.29, 0.717) is 5.69 Å². The monoisotopic (exact) mass is 328 g/mol. The Morgan fingerprint density at radius 2 is 1.83 bits per heavy atom. The smallest absolute Gasteiger partial charge is 0.237 e. The topological polar surface area (TPSA) is 57.7 Å². The van der Waals surface area contributed by atoms with Gasteiger partial charge in [0, 0.05) is 18.5 Å². The van der Waals surface area contributed by atoms with Crippen LogP contribution >= 0.6 is 0 Å². The van der Waals surface area contributed by atoms with Gasteiger partial charge < -0.3 is 0 Å². The zero-order chi connectivity index (χ0) is 17.7. The first-order chi connectivity index (χ1) is 11.2. The van der Waals surface area contributed by atoms with Gasteiger partial charge in [0.15, 0.2) is 0 Å². The molecule has 1 saturated heterocycles. The molecule has 2 aliphatic rings. The van der Waals surface area contributed by atoms with Gasteiger partial charge in [-0.05, 0) is 30.4 Å². The van der Waals surface area contributed by atoms with Gasteiger partial charge in [-0.1, -0.05) is 39.0 Å². The summed E-state index contributed by atoms with van der Waals surface area (Å²) in [6.07, 6.45) is 1.45. The van der Waals surface area contributed by atoms with Crippen molar-refractivity contribution in [3.05, 3.63) is 30.3 Å². The lowest BCUT2D eigenvalue weighted by atomic mass is 9.62. The second-order valence-corrected chi connectivity index (χ2v) is 7.64. The summed E-state index contributed by atoms with van der Waals surface area (Å²) in [6.45, 7) is 7.41. The molecule has 0 radical (unpaired) electrons. The van der Waals surface area contributed by atoms with Crippen molar-refractivity contribution in [1.82, 2.24) is 4.90 Å². The van der Waals surface area contributed by atoms with E-state index in [-0.39, 0.29) is 35.7 Å². The summed E-state index contributed by atoms with van der Waals surface area (Å²) in [6, 6.07) is 9.14. The van der Waals surface area contributed by atoms with Crippen molar-refractivity contribution in [2.75, 3.05) is 11.6 Å². The summed E-state index contributed by atoms with van der Waals surface area (Å²) in [7, 11) is 0. The van der Waals surface area contributed by atoms with E-state index in [9.17, 15) is 14.4 Å². The third-order valence-corrected chi connectivity index (χ3v) is 6.24. The van der Waals surface area contributed by atoms with Crippen LogP contribution in [0.1, 0.15) is 40.5 Å². The average Bonchev–Trinajstić information content (AvgIpc) is 2.72. The van der Waals surface area contributed by atoms with Gasteiger partial charge in [0.05, 0.1) is 5.41 Å². The molecule has 1 aromatic rings. The molecule has 5 heteroatoms. The number of hydrogen-bond donors (Lipinski definition) is 0. The van der Waals surface area contributed by atoms with Crippen LogP contribution in [0, 0.1) is 16.7 Å². The number of piperidine rings is 1. The molecule has 1 aromatic carbocycles. The zero-order valence-corrected chi connectivity index (χ0v) is 14.7. The Labute approximate surface area is 142 Å². The Morgan fingerprint density at radius 3 is 2.42 bits per heavy atom. The number of amides is 3. The largest absolute Gasteiger partial charge is 0.294 e. The van der Waals surface area contributed by atoms with Crippen molar-refractivity contribution in [2.45, 2.75) is 40.5 Å². The predicted molar refractivity (Wildman–Crippen MR) is 90.9 cm³/mol. The van der Waals surface area contributed by atoms with E-state index in [1.807, 2.05) is 39.0 Å². The average molecular weight is 328 g/mol. The summed E-state index contributed by atoms with van der Waals surface area (Å²) in [4.78, 5) is 40.9. The molecule has 128 valence electrons. The molecule has 2 atom stereocenters. The van der Waals surface area contributed by atoms with E-state index in [2.05, 4.69) is 0 Å². The Morgan fingerprint density at radius 1 is 1.21 bits per heavy atom. The van der Waals surface area contributed by atoms with Gasteiger partial charge in [0.25, 0.3) is 0 Å². The zero-order valence-electron chi connectivity index (χ0n) is 14.7. The van der Waals surface area contributed by atoms with E-state index in [1.165, 1.54) is 16.7 Å². The van der Waals surface area contributed by atoms with Crippen molar-refractivity contribution in [3.63, 3.8) is 0 Å². The maximum Gasteiger partial charge on any atom is 0.237 e. The summed E-state index contributed by atoms with van der Waals surface area (Å²) in [5.41, 5.74) is -0.205. The van der Waals surface area contributed by atoms with Gasteiger partial charge in [0.1, 0.15) is 6.67 Å². The molecule has 1 heterocycles. The second-order valence-electron chi connectivity index (χ2n) is 7.64. The molecule has 1 saturated carbocycles. The number of nitrogens with zero attached hydrogens (tertiary/aromatic N) is 2. The van der Waals surface area contributed by atoms with Crippen LogP contribution in [0.25, 0.3) is 0 Å². The molecule has 1 aliphatic heterocycles. The van der Waals surface area contributed by atoms with Crippen molar-refractivity contribution in [1.29, 1.82) is 0 Å². The summed E-state index contributed by atoms with van der Waals surface area (Å²) in [5.74, 6) is -0.662. The van der Waals surface area contributed by atoms with Crippen LogP contribution in [0.15, 0.2) is 30.3 Å². The van der Waals surface area contributed by atoms with Crippen molar-refractivity contribution in [3.8, 4) is 0 Å². The van der Waals surface area contributed by atoms with E-state index < -0.39 is 5.41 Å². The highest BCUT2D eigenvalue weighted by Crippen LogP contribution is 2.60.